The summed E-state index contributed by atoms with van der Waals surface area (Å²) in [6.45, 7) is 8.26. The molecule has 0 atom stereocenters. The number of allylic oxidation sites excluding steroid dienone is 1. The van der Waals surface area contributed by atoms with Crippen molar-refractivity contribution in [3.05, 3.63) is 65.2 Å². The molecule has 0 unspecified atom stereocenters. The van der Waals surface area contributed by atoms with Gasteiger partial charge in [-0.1, -0.05) is 29.8 Å². The first kappa shape index (κ1) is 16.8. The van der Waals surface area contributed by atoms with Gasteiger partial charge in [0.1, 0.15) is 0 Å². The number of nitrogens with one attached hydrogen (secondary N) is 1. The number of sulfone groups is 1. The highest BCUT2D eigenvalue weighted by Gasteiger charge is 2.23. The standard InChI is InChI=1S/C20H23NO2S/c1-14-5-8-17(9-6-14)24(22,23)13-16-7-10-19-18(11-16)15(2)12-20(3,4)21-19/h5-12,21H,13H2,1-4H3. The van der Waals surface area contributed by atoms with Crippen LogP contribution in [0.25, 0.3) is 5.57 Å². The van der Waals surface area contributed by atoms with Crippen molar-refractivity contribution >= 4 is 21.1 Å². The second-order valence-electron chi connectivity index (χ2n) is 7.13. The Labute approximate surface area is 144 Å². The summed E-state index contributed by atoms with van der Waals surface area (Å²) in [5, 5.41) is 3.47. The van der Waals surface area contributed by atoms with E-state index in [0.29, 0.717) is 4.90 Å². The summed E-state index contributed by atoms with van der Waals surface area (Å²) in [5.74, 6) is 0.0139. The molecule has 1 N–H and O–H groups in total. The van der Waals surface area contributed by atoms with Crippen LogP contribution in [-0.2, 0) is 15.6 Å². The average Bonchev–Trinajstić information content (AvgIpc) is 2.47. The van der Waals surface area contributed by atoms with E-state index >= 15 is 0 Å². The second-order valence-corrected chi connectivity index (χ2v) is 9.12. The number of benzene rings is 2. The minimum atomic E-state index is -3.34. The van der Waals surface area contributed by atoms with Crippen LogP contribution in [0.5, 0.6) is 0 Å². The summed E-state index contributed by atoms with van der Waals surface area (Å²) in [7, 11) is -3.34. The highest BCUT2D eigenvalue weighted by Crippen LogP contribution is 2.34. The predicted octanol–water partition coefficient (Wildman–Crippen LogP) is 4.58. The Balaban J connectivity index is 1.92. The lowest BCUT2D eigenvalue weighted by atomic mass is 9.90. The first-order chi connectivity index (χ1) is 11.2. The zero-order valence-corrected chi connectivity index (χ0v) is 15.4. The lowest BCUT2D eigenvalue weighted by molar-refractivity contribution is 0.595. The molecule has 3 rings (SSSR count). The fourth-order valence-corrected chi connectivity index (χ4v) is 4.50. The van der Waals surface area contributed by atoms with Crippen molar-refractivity contribution in [3.8, 4) is 0 Å². The van der Waals surface area contributed by atoms with Gasteiger partial charge in [-0.05, 0) is 63.1 Å². The van der Waals surface area contributed by atoms with E-state index < -0.39 is 9.84 Å². The maximum Gasteiger partial charge on any atom is 0.182 e. The van der Waals surface area contributed by atoms with Crippen LogP contribution in [0.2, 0.25) is 0 Å². The molecular weight excluding hydrogens is 318 g/mol. The van der Waals surface area contributed by atoms with Crippen molar-refractivity contribution in [2.24, 2.45) is 0 Å². The Morgan fingerprint density at radius 3 is 2.33 bits per heavy atom. The van der Waals surface area contributed by atoms with Gasteiger partial charge < -0.3 is 5.32 Å². The molecule has 0 aliphatic carbocycles. The van der Waals surface area contributed by atoms with Crippen molar-refractivity contribution in [1.82, 2.24) is 0 Å². The van der Waals surface area contributed by atoms with Crippen molar-refractivity contribution < 1.29 is 8.42 Å². The minimum absolute atomic E-state index is 0.0139. The van der Waals surface area contributed by atoms with Crippen molar-refractivity contribution in [1.29, 1.82) is 0 Å². The van der Waals surface area contributed by atoms with Gasteiger partial charge in [0, 0.05) is 11.3 Å². The molecule has 1 heterocycles. The van der Waals surface area contributed by atoms with Crippen molar-refractivity contribution in [2.45, 2.75) is 43.9 Å². The van der Waals surface area contributed by atoms with Crippen LogP contribution >= 0.6 is 0 Å². The number of hydrogen-bond donors (Lipinski definition) is 1. The minimum Gasteiger partial charge on any atom is -0.376 e. The number of rotatable bonds is 3. The van der Waals surface area contributed by atoms with Crippen molar-refractivity contribution in [3.63, 3.8) is 0 Å². The van der Waals surface area contributed by atoms with Gasteiger partial charge in [0.25, 0.3) is 0 Å². The normalized spacial score (nSPS) is 16.1. The molecule has 2 aromatic carbocycles. The topological polar surface area (TPSA) is 46.2 Å². The zero-order chi connectivity index (χ0) is 17.5. The van der Waals surface area contributed by atoms with Gasteiger partial charge in [-0.15, -0.1) is 0 Å². The largest absolute Gasteiger partial charge is 0.376 e. The molecular formula is C20H23NO2S. The molecule has 24 heavy (non-hydrogen) atoms. The maximum absolute atomic E-state index is 12.6. The van der Waals surface area contributed by atoms with Crippen LogP contribution in [0.3, 0.4) is 0 Å². The van der Waals surface area contributed by atoms with E-state index in [1.807, 2.05) is 37.3 Å². The van der Waals surface area contributed by atoms with E-state index in [1.54, 1.807) is 12.1 Å². The Hall–Kier alpha value is -2.07. The first-order valence-electron chi connectivity index (χ1n) is 8.07. The van der Waals surface area contributed by atoms with Gasteiger partial charge in [0.05, 0.1) is 16.2 Å². The van der Waals surface area contributed by atoms with Crippen LogP contribution in [0.15, 0.2) is 53.4 Å². The molecule has 0 saturated heterocycles. The van der Waals surface area contributed by atoms with Gasteiger partial charge in [-0.3, -0.25) is 0 Å². The molecule has 2 aromatic rings. The van der Waals surface area contributed by atoms with Crippen LogP contribution in [0.1, 0.15) is 37.5 Å². The average molecular weight is 341 g/mol. The Morgan fingerprint density at radius 2 is 1.67 bits per heavy atom. The van der Waals surface area contributed by atoms with E-state index in [2.05, 4.69) is 32.2 Å². The van der Waals surface area contributed by atoms with Crippen LogP contribution in [-0.4, -0.2) is 14.0 Å². The fraction of sp³-hybridized carbons (Fsp3) is 0.300. The third-order valence-electron chi connectivity index (χ3n) is 4.28. The van der Waals surface area contributed by atoms with Gasteiger partial charge in [-0.25, -0.2) is 8.42 Å². The molecule has 0 fully saturated rings. The van der Waals surface area contributed by atoms with Gasteiger partial charge in [-0.2, -0.15) is 0 Å². The zero-order valence-electron chi connectivity index (χ0n) is 14.6. The van der Waals surface area contributed by atoms with Gasteiger partial charge in [0.15, 0.2) is 9.84 Å². The summed E-state index contributed by atoms with van der Waals surface area (Å²) in [6, 6.07) is 12.9. The number of hydrogen-bond acceptors (Lipinski definition) is 3. The van der Waals surface area contributed by atoms with Crippen LogP contribution in [0.4, 0.5) is 5.69 Å². The Kier molecular flexibility index (Phi) is 4.04. The number of aryl methyl sites for hydroxylation is 1. The summed E-state index contributed by atoms with van der Waals surface area (Å²) in [4.78, 5) is 0.373. The van der Waals surface area contributed by atoms with Gasteiger partial charge >= 0.3 is 0 Å². The molecule has 0 spiro atoms. The second kappa shape index (κ2) is 5.78. The molecule has 4 heteroatoms. The molecule has 1 aliphatic rings. The molecule has 126 valence electrons. The number of anilines is 1. The van der Waals surface area contributed by atoms with E-state index in [9.17, 15) is 8.42 Å². The highest BCUT2D eigenvalue weighted by atomic mass is 32.2. The lowest BCUT2D eigenvalue weighted by Crippen LogP contribution is -2.31. The molecule has 1 aliphatic heterocycles. The van der Waals surface area contributed by atoms with E-state index in [4.69, 9.17) is 0 Å². The first-order valence-corrected chi connectivity index (χ1v) is 9.72. The smallest absolute Gasteiger partial charge is 0.182 e. The summed E-state index contributed by atoms with van der Waals surface area (Å²) < 4.78 is 25.3. The van der Waals surface area contributed by atoms with Crippen molar-refractivity contribution in [2.75, 3.05) is 5.32 Å². The third-order valence-corrected chi connectivity index (χ3v) is 5.98. The summed E-state index contributed by atoms with van der Waals surface area (Å²) >= 11 is 0. The molecule has 0 amide bonds. The Morgan fingerprint density at radius 1 is 1.00 bits per heavy atom. The molecule has 3 nitrogen and oxygen atoms in total. The third kappa shape index (κ3) is 3.39. The molecule has 0 bridgehead atoms. The van der Waals surface area contributed by atoms with Crippen LogP contribution < -0.4 is 5.32 Å². The SMILES string of the molecule is CC1=CC(C)(C)Nc2ccc(CS(=O)(=O)c3ccc(C)cc3)cc21. The quantitative estimate of drug-likeness (QED) is 0.889. The van der Waals surface area contributed by atoms with E-state index in [0.717, 1.165) is 22.4 Å². The monoisotopic (exact) mass is 341 g/mol. The Bertz CT molecular complexity index is 907. The van der Waals surface area contributed by atoms with Crippen LogP contribution in [0, 0.1) is 6.92 Å². The lowest BCUT2D eigenvalue weighted by Gasteiger charge is -2.31. The molecule has 0 aromatic heterocycles. The highest BCUT2D eigenvalue weighted by molar-refractivity contribution is 7.90. The fourth-order valence-electron chi connectivity index (χ4n) is 3.17. The predicted molar refractivity (Wildman–Crippen MR) is 99.9 cm³/mol. The van der Waals surface area contributed by atoms with E-state index in [-0.39, 0.29) is 11.3 Å². The summed E-state index contributed by atoms with van der Waals surface area (Å²) in [5.41, 5.74) is 5.07. The van der Waals surface area contributed by atoms with E-state index in [1.165, 1.54) is 5.57 Å². The molecule has 0 saturated carbocycles. The maximum atomic E-state index is 12.6. The number of fused-ring (bicyclic) bond motifs is 1. The summed E-state index contributed by atoms with van der Waals surface area (Å²) in [6.07, 6.45) is 2.17. The van der Waals surface area contributed by atoms with Gasteiger partial charge in [0.2, 0.25) is 0 Å². The molecule has 0 radical (unpaired) electrons.